The Morgan fingerprint density at radius 1 is 0.800 bits per heavy atom. The molecule has 0 aromatic carbocycles. The molecule has 0 saturated carbocycles. The van der Waals surface area contributed by atoms with E-state index in [-0.39, 0.29) is 11.0 Å². The van der Waals surface area contributed by atoms with Crippen LogP contribution >= 0.6 is 0 Å². The van der Waals surface area contributed by atoms with Gasteiger partial charge < -0.3 is 13.3 Å². The van der Waals surface area contributed by atoms with Crippen LogP contribution in [0.3, 0.4) is 0 Å². The van der Waals surface area contributed by atoms with Crippen LogP contribution in [-0.2, 0) is 27.7 Å². The highest BCUT2D eigenvalue weighted by Gasteiger charge is 2.45. The van der Waals surface area contributed by atoms with E-state index >= 15 is 0 Å². The molecule has 0 N–H and O–H groups in total. The van der Waals surface area contributed by atoms with Crippen molar-refractivity contribution in [2.45, 2.75) is 27.3 Å². The van der Waals surface area contributed by atoms with Gasteiger partial charge in [0.05, 0.1) is 0 Å². The summed E-state index contributed by atoms with van der Waals surface area (Å²) in [4.78, 5) is 32.0. The summed E-state index contributed by atoms with van der Waals surface area (Å²) >= 11 is 0. The van der Waals surface area contributed by atoms with E-state index in [2.05, 4.69) is 13.3 Å². The first-order valence-corrected chi connectivity index (χ1v) is 6.06. The lowest BCUT2D eigenvalue weighted by Gasteiger charge is -2.22. The fourth-order valence-electron chi connectivity index (χ4n) is 0.846. The summed E-state index contributed by atoms with van der Waals surface area (Å²) in [5, 5.41) is 0. The van der Waals surface area contributed by atoms with Crippen molar-refractivity contribution in [3.8, 4) is 0 Å². The standard InChI is InChI=1S/C7H12O6Si.H4Si/c1-5(8)11-14(4,12-6(2)9)13-7(3)10;/h1-4H3;1H4. The highest BCUT2D eigenvalue weighted by molar-refractivity contribution is 6.64. The van der Waals surface area contributed by atoms with E-state index in [9.17, 15) is 14.4 Å². The van der Waals surface area contributed by atoms with Gasteiger partial charge in [0.25, 0.3) is 17.9 Å². The predicted octanol–water partition coefficient (Wildman–Crippen LogP) is -1.21. The number of hydrogen-bond acceptors (Lipinski definition) is 6. The van der Waals surface area contributed by atoms with Gasteiger partial charge in [-0.15, -0.1) is 0 Å². The van der Waals surface area contributed by atoms with Crippen LogP contribution in [0.1, 0.15) is 20.8 Å². The maximum absolute atomic E-state index is 10.7. The molecule has 0 saturated heterocycles. The van der Waals surface area contributed by atoms with E-state index in [1.165, 1.54) is 6.55 Å². The molecule has 88 valence electrons. The summed E-state index contributed by atoms with van der Waals surface area (Å²) < 4.78 is 14.0. The fraction of sp³-hybridized carbons (Fsp3) is 0.571. The smallest absolute Gasteiger partial charge is 0.455 e. The van der Waals surface area contributed by atoms with Gasteiger partial charge in [-0.05, 0) is 11.0 Å². The van der Waals surface area contributed by atoms with E-state index < -0.39 is 26.7 Å². The van der Waals surface area contributed by atoms with Crippen molar-refractivity contribution in [1.82, 2.24) is 0 Å². The van der Waals surface area contributed by atoms with Crippen molar-refractivity contribution in [2.75, 3.05) is 0 Å². The Labute approximate surface area is 93.3 Å². The molecule has 0 heterocycles. The van der Waals surface area contributed by atoms with Gasteiger partial charge in [0.15, 0.2) is 0 Å². The molecule has 0 aliphatic carbocycles. The third kappa shape index (κ3) is 7.88. The highest BCUT2D eigenvalue weighted by Crippen LogP contribution is 2.10. The Morgan fingerprint density at radius 3 is 1.13 bits per heavy atom. The van der Waals surface area contributed by atoms with Crippen molar-refractivity contribution in [3.63, 3.8) is 0 Å². The molecule has 0 amide bonds. The van der Waals surface area contributed by atoms with Crippen molar-refractivity contribution < 1.29 is 27.7 Å². The van der Waals surface area contributed by atoms with Crippen LogP contribution in [0, 0.1) is 0 Å². The third-order valence-corrected chi connectivity index (χ3v) is 2.96. The van der Waals surface area contributed by atoms with Gasteiger partial charge in [0.2, 0.25) is 0 Å². The Balaban J connectivity index is 0. The first-order chi connectivity index (χ1) is 6.25. The minimum atomic E-state index is -3.49. The molecule has 0 bridgehead atoms. The maximum atomic E-state index is 10.7. The van der Waals surface area contributed by atoms with E-state index in [0.717, 1.165) is 20.8 Å². The first-order valence-electron chi connectivity index (χ1n) is 3.84. The fourth-order valence-corrected chi connectivity index (χ4v) is 2.54. The van der Waals surface area contributed by atoms with Crippen LogP contribution in [0.4, 0.5) is 0 Å². The maximum Gasteiger partial charge on any atom is 0.701 e. The Bertz CT molecular complexity index is 223. The van der Waals surface area contributed by atoms with Crippen LogP contribution in [0.2, 0.25) is 6.55 Å². The average molecular weight is 252 g/mol. The van der Waals surface area contributed by atoms with E-state index in [1.807, 2.05) is 0 Å². The summed E-state index contributed by atoms with van der Waals surface area (Å²) in [7, 11) is -3.49. The second-order valence-electron chi connectivity index (χ2n) is 2.64. The van der Waals surface area contributed by atoms with Gasteiger partial charge in [-0.2, -0.15) is 0 Å². The van der Waals surface area contributed by atoms with Gasteiger partial charge >= 0.3 is 8.80 Å². The van der Waals surface area contributed by atoms with Gasteiger partial charge in [-0.25, -0.2) is 0 Å². The van der Waals surface area contributed by atoms with Crippen molar-refractivity contribution in [3.05, 3.63) is 0 Å². The molecule has 0 radical (unpaired) electrons. The third-order valence-electron chi connectivity index (χ3n) is 0.987. The topological polar surface area (TPSA) is 78.9 Å². The summed E-state index contributed by atoms with van der Waals surface area (Å²) in [6.07, 6.45) is 0. The lowest BCUT2D eigenvalue weighted by Crippen LogP contribution is -2.46. The normalized spacial score (nSPS) is 9.60. The zero-order chi connectivity index (χ0) is 11.4. The molecule has 0 rings (SSSR count). The van der Waals surface area contributed by atoms with Crippen molar-refractivity contribution in [1.29, 1.82) is 0 Å². The number of hydrogen-bond donors (Lipinski definition) is 0. The highest BCUT2D eigenvalue weighted by atomic mass is 28.4. The predicted molar refractivity (Wildman–Crippen MR) is 58.3 cm³/mol. The summed E-state index contributed by atoms with van der Waals surface area (Å²) in [5.74, 6) is -2.00. The molecule has 0 aliphatic heterocycles. The van der Waals surface area contributed by atoms with E-state index in [4.69, 9.17) is 0 Å². The van der Waals surface area contributed by atoms with Gasteiger partial charge in [0.1, 0.15) is 0 Å². The molecule has 0 spiro atoms. The number of carbonyl (C=O) groups excluding carboxylic acids is 3. The molecule has 0 aliphatic rings. The zero-order valence-electron chi connectivity index (χ0n) is 8.45. The Kier molecular flexibility index (Phi) is 6.89. The van der Waals surface area contributed by atoms with E-state index in [1.54, 1.807) is 0 Å². The lowest BCUT2D eigenvalue weighted by atomic mass is 10.9. The van der Waals surface area contributed by atoms with Gasteiger partial charge in [-0.3, -0.25) is 14.4 Å². The lowest BCUT2D eigenvalue weighted by molar-refractivity contribution is -0.147. The summed E-state index contributed by atoms with van der Waals surface area (Å²) in [6, 6.07) is 0. The molecule has 0 fully saturated rings. The van der Waals surface area contributed by atoms with Crippen LogP contribution in [0.15, 0.2) is 0 Å². The molecule has 15 heavy (non-hydrogen) atoms. The monoisotopic (exact) mass is 252 g/mol. The number of rotatable bonds is 3. The van der Waals surface area contributed by atoms with Gasteiger partial charge in [-0.1, -0.05) is 0 Å². The van der Waals surface area contributed by atoms with E-state index in [0.29, 0.717) is 0 Å². The molecule has 6 nitrogen and oxygen atoms in total. The summed E-state index contributed by atoms with van der Waals surface area (Å²) in [6.45, 7) is 4.70. The molecule has 0 unspecified atom stereocenters. The van der Waals surface area contributed by atoms with Gasteiger partial charge in [0, 0.05) is 27.3 Å². The number of carbonyl (C=O) groups is 3. The van der Waals surface area contributed by atoms with Crippen LogP contribution in [0.5, 0.6) is 0 Å². The second-order valence-corrected chi connectivity index (χ2v) is 4.98. The first kappa shape index (κ1) is 16.3. The second kappa shape index (κ2) is 6.35. The summed E-state index contributed by atoms with van der Waals surface area (Å²) in [5.41, 5.74) is 0. The minimum absolute atomic E-state index is 0. The Hall–Kier alpha value is -1.16. The van der Waals surface area contributed by atoms with Crippen LogP contribution in [0.25, 0.3) is 0 Å². The quantitative estimate of drug-likeness (QED) is 0.587. The molecule has 0 atom stereocenters. The van der Waals surface area contributed by atoms with Crippen molar-refractivity contribution in [2.24, 2.45) is 0 Å². The average Bonchev–Trinajstić information content (AvgIpc) is 1.76. The van der Waals surface area contributed by atoms with Crippen LogP contribution < -0.4 is 0 Å². The Morgan fingerprint density at radius 2 is 1.00 bits per heavy atom. The molecule has 8 heteroatoms. The molecular formula is C7H16O6Si2. The largest absolute Gasteiger partial charge is 0.701 e. The SMILES string of the molecule is CC(=O)O[Si](C)(OC(C)=O)OC(C)=O.[SiH4]. The van der Waals surface area contributed by atoms with Crippen LogP contribution in [-0.4, -0.2) is 37.7 Å². The molecule has 0 aromatic heterocycles. The van der Waals surface area contributed by atoms with Crippen molar-refractivity contribution >= 4 is 37.7 Å². The zero-order valence-corrected chi connectivity index (χ0v) is 9.45. The molecule has 0 aromatic rings. The minimum Gasteiger partial charge on any atom is -0.455 e. The molecular weight excluding hydrogens is 236 g/mol.